The first-order valence-corrected chi connectivity index (χ1v) is 5.87. The summed E-state index contributed by atoms with van der Waals surface area (Å²) in [6.07, 6.45) is 3.28. The van der Waals surface area contributed by atoms with Gasteiger partial charge in [-0.25, -0.2) is 0 Å². The van der Waals surface area contributed by atoms with Crippen LogP contribution >= 0.6 is 0 Å². The van der Waals surface area contributed by atoms with E-state index < -0.39 is 0 Å². The van der Waals surface area contributed by atoms with Crippen molar-refractivity contribution in [2.45, 2.75) is 25.3 Å². The third kappa shape index (κ3) is 1.56. The highest BCUT2D eigenvalue weighted by Gasteiger charge is 2.30. The summed E-state index contributed by atoms with van der Waals surface area (Å²) in [5.41, 5.74) is 1.11. The zero-order valence-electron chi connectivity index (χ0n) is 9.11. The number of rotatable bonds is 2. The number of carbonyl (C=O) groups is 1. The fourth-order valence-electron chi connectivity index (χ4n) is 2.24. The third-order valence-electron chi connectivity index (χ3n) is 3.49. The molecule has 1 aromatic carbocycles. The van der Waals surface area contributed by atoms with Crippen molar-refractivity contribution < 1.29 is 9.53 Å². The summed E-state index contributed by atoms with van der Waals surface area (Å²) in [6, 6.07) is 7.95. The topological polar surface area (TPSA) is 38.3 Å². The lowest BCUT2D eigenvalue weighted by Crippen LogP contribution is -2.37. The lowest BCUT2D eigenvalue weighted by Gasteiger charge is -2.25. The number of fused-ring (bicyclic) bond motifs is 1. The Hall–Kier alpha value is -1.51. The van der Waals surface area contributed by atoms with Crippen molar-refractivity contribution in [3.05, 3.63) is 29.8 Å². The monoisotopic (exact) mass is 217 g/mol. The Balaban J connectivity index is 1.70. The maximum Gasteiger partial charge on any atom is 0.223 e. The summed E-state index contributed by atoms with van der Waals surface area (Å²) >= 11 is 0. The van der Waals surface area contributed by atoms with Gasteiger partial charge in [0.25, 0.3) is 0 Å². The van der Waals surface area contributed by atoms with Crippen molar-refractivity contribution >= 4 is 5.91 Å². The summed E-state index contributed by atoms with van der Waals surface area (Å²) in [6.45, 7) is 0.567. The minimum absolute atomic E-state index is 0.0456. The SMILES string of the molecule is O=C(NC1COc2ccccc21)C1CCC1. The minimum Gasteiger partial charge on any atom is -0.491 e. The third-order valence-corrected chi connectivity index (χ3v) is 3.49. The van der Waals surface area contributed by atoms with Crippen LogP contribution in [0.2, 0.25) is 0 Å². The van der Waals surface area contributed by atoms with Gasteiger partial charge in [-0.1, -0.05) is 24.6 Å². The van der Waals surface area contributed by atoms with E-state index in [1.165, 1.54) is 6.42 Å². The number of benzene rings is 1. The van der Waals surface area contributed by atoms with E-state index in [0.29, 0.717) is 6.61 Å². The van der Waals surface area contributed by atoms with Crippen LogP contribution in [-0.4, -0.2) is 12.5 Å². The molecule has 84 valence electrons. The number of carbonyl (C=O) groups excluding carboxylic acids is 1. The van der Waals surface area contributed by atoms with Crippen LogP contribution in [0, 0.1) is 5.92 Å². The maximum atomic E-state index is 11.8. The average molecular weight is 217 g/mol. The molecule has 1 amide bonds. The molecule has 1 unspecified atom stereocenters. The van der Waals surface area contributed by atoms with E-state index in [1.54, 1.807) is 0 Å². The predicted octanol–water partition coefficient (Wildman–Crippen LogP) is 2.04. The van der Waals surface area contributed by atoms with Crippen molar-refractivity contribution in [3.63, 3.8) is 0 Å². The molecule has 0 spiro atoms. The van der Waals surface area contributed by atoms with E-state index in [1.807, 2.05) is 24.3 Å². The Labute approximate surface area is 94.8 Å². The Morgan fingerprint density at radius 3 is 2.88 bits per heavy atom. The molecule has 1 heterocycles. The van der Waals surface area contributed by atoms with Crippen LogP contribution in [0.1, 0.15) is 30.9 Å². The van der Waals surface area contributed by atoms with E-state index in [9.17, 15) is 4.79 Å². The van der Waals surface area contributed by atoms with Gasteiger partial charge >= 0.3 is 0 Å². The largest absolute Gasteiger partial charge is 0.491 e. The van der Waals surface area contributed by atoms with E-state index in [4.69, 9.17) is 4.74 Å². The summed E-state index contributed by atoms with van der Waals surface area (Å²) in [5.74, 6) is 1.34. The lowest BCUT2D eigenvalue weighted by molar-refractivity contribution is -0.128. The summed E-state index contributed by atoms with van der Waals surface area (Å²) in [5, 5.41) is 3.07. The molecule has 1 N–H and O–H groups in total. The molecule has 0 bridgehead atoms. The quantitative estimate of drug-likeness (QED) is 0.823. The van der Waals surface area contributed by atoms with Gasteiger partial charge in [-0.3, -0.25) is 4.79 Å². The second kappa shape index (κ2) is 3.81. The molecule has 2 aliphatic rings. The van der Waals surface area contributed by atoms with Crippen LogP contribution in [0.5, 0.6) is 5.75 Å². The van der Waals surface area contributed by atoms with Crippen LogP contribution in [0.4, 0.5) is 0 Å². The molecule has 3 rings (SSSR count). The molecule has 0 saturated heterocycles. The van der Waals surface area contributed by atoms with Gasteiger partial charge in [0.2, 0.25) is 5.91 Å². The Kier molecular flexibility index (Phi) is 2.31. The first-order chi connectivity index (χ1) is 7.84. The molecule has 1 aliphatic carbocycles. The smallest absolute Gasteiger partial charge is 0.223 e. The van der Waals surface area contributed by atoms with Gasteiger partial charge < -0.3 is 10.1 Å². The summed E-state index contributed by atoms with van der Waals surface area (Å²) < 4.78 is 5.53. The van der Waals surface area contributed by atoms with Crippen molar-refractivity contribution in [3.8, 4) is 5.75 Å². The van der Waals surface area contributed by atoms with Crippen molar-refractivity contribution in [1.29, 1.82) is 0 Å². The molecule has 3 heteroatoms. The van der Waals surface area contributed by atoms with Crippen LogP contribution in [0.15, 0.2) is 24.3 Å². The highest BCUT2D eigenvalue weighted by Crippen LogP contribution is 2.33. The number of ether oxygens (including phenoxy) is 1. The normalized spacial score (nSPS) is 23.1. The van der Waals surface area contributed by atoms with Crippen molar-refractivity contribution in [2.75, 3.05) is 6.61 Å². The number of amides is 1. The van der Waals surface area contributed by atoms with Gasteiger partial charge in [0.15, 0.2) is 0 Å². The van der Waals surface area contributed by atoms with Gasteiger partial charge in [0.1, 0.15) is 12.4 Å². The average Bonchev–Trinajstić information content (AvgIpc) is 2.59. The Bertz CT molecular complexity index is 412. The van der Waals surface area contributed by atoms with Gasteiger partial charge in [-0.15, -0.1) is 0 Å². The first kappa shape index (κ1) is 9.70. The molecule has 0 aromatic heterocycles. The van der Waals surface area contributed by atoms with E-state index >= 15 is 0 Å². The molecule has 1 fully saturated rings. The molecule has 1 atom stereocenters. The fourth-order valence-corrected chi connectivity index (χ4v) is 2.24. The zero-order valence-corrected chi connectivity index (χ0v) is 9.11. The predicted molar refractivity (Wildman–Crippen MR) is 60.2 cm³/mol. The minimum atomic E-state index is 0.0456. The van der Waals surface area contributed by atoms with Crippen molar-refractivity contribution in [2.24, 2.45) is 5.92 Å². The highest BCUT2D eigenvalue weighted by molar-refractivity contribution is 5.80. The second-order valence-corrected chi connectivity index (χ2v) is 4.54. The molecule has 1 aromatic rings. The van der Waals surface area contributed by atoms with Crippen LogP contribution in [0.25, 0.3) is 0 Å². The second-order valence-electron chi connectivity index (χ2n) is 4.54. The molecular formula is C13H15NO2. The standard InChI is InChI=1S/C13H15NO2/c15-13(9-4-3-5-9)14-11-8-16-12-7-2-1-6-10(11)12/h1-2,6-7,9,11H,3-5,8H2,(H,14,15). The number of hydrogen-bond donors (Lipinski definition) is 1. The lowest BCUT2D eigenvalue weighted by atomic mass is 9.84. The van der Waals surface area contributed by atoms with Crippen LogP contribution < -0.4 is 10.1 Å². The fraction of sp³-hybridized carbons (Fsp3) is 0.462. The van der Waals surface area contributed by atoms with Gasteiger partial charge in [-0.05, 0) is 18.9 Å². The molecule has 3 nitrogen and oxygen atoms in total. The van der Waals surface area contributed by atoms with E-state index in [-0.39, 0.29) is 17.9 Å². The molecule has 16 heavy (non-hydrogen) atoms. The van der Waals surface area contributed by atoms with Gasteiger partial charge in [-0.2, -0.15) is 0 Å². The molecular weight excluding hydrogens is 202 g/mol. The zero-order chi connectivity index (χ0) is 11.0. The number of para-hydroxylation sites is 1. The number of hydrogen-bond acceptors (Lipinski definition) is 2. The van der Waals surface area contributed by atoms with Gasteiger partial charge in [0.05, 0.1) is 6.04 Å². The highest BCUT2D eigenvalue weighted by atomic mass is 16.5. The van der Waals surface area contributed by atoms with E-state index in [0.717, 1.165) is 24.2 Å². The maximum absolute atomic E-state index is 11.8. The molecule has 1 aliphatic heterocycles. The van der Waals surface area contributed by atoms with Crippen LogP contribution in [0.3, 0.4) is 0 Å². The summed E-state index contributed by atoms with van der Waals surface area (Å²) in [4.78, 5) is 11.8. The molecule has 1 saturated carbocycles. The Morgan fingerprint density at radius 1 is 1.31 bits per heavy atom. The first-order valence-electron chi connectivity index (χ1n) is 5.87. The molecule has 0 radical (unpaired) electrons. The van der Waals surface area contributed by atoms with Crippen molar-refractivity contribution in [1.82, 2.24) is 5.32 Å². The van der Waals surface area contributed by atoms with Crippen LogP contribution in [-0.2, 0) is 4.79 Å². The summed E-state index contributed by atoms with van der Waals surface area (Å²) in [7, 11) is 0. The van der Waals surface area contributed by atoms with E-state index in [2.05, 4.69) is 5.32 Å². The number of nitrogens with one attached hydrogen (secondary N) is 1. The van der Waals surface area contributed by atoms with Gasteiger partial charge in [0, 0.05) is 11.5 Å². The Morgan fingerprint density at radius 2 is 2.12 bits per heavy atom.